The summed E-state index contributed by atoms with van der Waals surface area (Å²) in [4.78, 5) is 11.4. The van der Waals surface area contributed by atoms with E-state index in [4.69, 9.17) is 5.10 Å². The van der Waals surface area contributed by atoms with E-state index in [-0.39, 0.29) is 0 Å². The average molecular weight is 310 g/mol. The van der Waals surface area contributed by atoms with Gasteiger partial charge in [-0.15, -0.1) is 0 Å². The molecule has 0 bridgehead atoms. The van der Waals surface area contributed by atoms with Crippen molar-refractivity contribution in [1.29, 1.82) is 0 Å². The Morgan fingerprint density at radius 1 is 1.17 bits per heavy atom. The van der Waals surface area contributed by atoms with Gasteiger partial charge in [0, 0.05) is 44.3 Å². The molecule has 0 N–H and O–H groups in total. The van der Waals surface area contributed by atoms with Crippen LogP contribution in [0.1, 0.15) is 30.1 Å². The lowest BCUT2D eigenvalue weighted by atomic mass is 9.92. The summed E-state index contributed by atoms with van der Waals surface area (Å²) in [6.07, 6.45) is 8.10. The molecular weight excluding hydrogens is 288 g/mol. The van der Waals surface area contributed by atoms with Crippen molar-refractivity contribution in [2.24, 2.45) is 14.1 Å². The molecule has 3 aromatic heterocycles. The molecule has 1 fully saturated rings. The second-order valence-electron chi connectivity index (χ2n) is 6.46. The van der Waals surface area contributed by atoms with Gasteiger partial charge in [-0.3, -0.25) is 9.58 Å². The zero-order valence-electron chi connectivity index (χ0n) is 13.7. The third-order valence-corrected chi connectivity index (χ3v) is 4.75. The minimum Gasteiger partial charge on any atom is -0.340 e. The summed E-state index contributed by atoms with van der Waals surface area (Å²) in [6.45, 7) is 3.14. The van der Waals surface area contributed by atoms with E-state index in [1.54, 1.807) is 0 Å². The van der Waals surface area contributed by atoms with Crippen LogP contribution in [-0.2, 0) is 20.6 Å². The second kappa shape index (κ2) is 5.77. The topological polar surface area (TPSA) is 51.8 Å². The number of hydrogen-bond donors (Lipinski definition) is 0. The van der Waals surface area contributed by atoms with E-state index in [1.165, 1.54) is 11.1 Å². The van der Waals surface area contributed by atoms with Crippen molar-refractivity contribution in [2.75, 3.05) is 13.1 Å². The third-order valence-electron chi connectivity index (χ3n) is 4.75. The Balaban J connectivity index is 1.46. The van der Waals surface area contributed by atoms with Gasteiger partial charge in [0.15, 0.2) is 5.65 Å². The van der Waals surface area contributed by atoms with Crippen LogP contribution in [0, 0.1) is 0 Å². The van der Waals surface area contributed by atoms with Gasteiger partial charge in [-0.25, -0.2) is 9.97 Å². The van der Waals surface area contributed by atoms with Crippen LogP contribution in [-0.4, -0.2) is 42.3 Å². The first-order chi connectivity index (χ1) is 11.2. The molecule has 1 saturated heterocycles. The molecule has 4 heterocycles. The lowest BCUT2D eigenvalue weighted by molar-refractivity contribution is 0.201. The molecule has 0 spiro atoms. The molecular formula is C17H22N6. The molecule has 0 unspecified atom stereocenters. The molecule has 1 aliphatic heterocycles. The van der Waals surface area contributed by atoms with Crippen LogP contribution in [0.4, 0.5) is 0 Å². The monoisotopic (exact) mass is 310 g/mol. The van der Waals surface area contributed by atoms with Gasteiger partial charge in [0.05, 0.1) is 17.7 Å². The summed E-state index contributed by atoms with van der Waals surface area (Å²) < 4.78 is 3.92. The van der Waals surface area contributed by atoms with E-state index in [9.17, 15) is 0 Å². The highest BCUT2D eigenvalue weighted by molar-refractivity contribution is 5.78. The summed E-state index contributed by atoms with van der Waals surface area (Å²) in [7, 11) is 4.00. The van der Waals surface area contributed by atoms with Crippen LogP contribution in [0.5, 0.6) is 0 Å². The summed E-state index contributed by atoms with van der Waals surface area (Å²) in [5, 5.41) is 5.95. The van der Waals surface area contributed by atoms with Crippen LogP contribution < -0.4 is 0 Å². The smallest absolute Gasteiger partial charge is 0.157 e. The van der Waals surface area contributed by atoms with Crippen molar-refractivity contribution < 1.29 is 0 Å². The molecule has 0 aliphatic carbocycles. The molecule has 120 valence electrons. The fraction of sp³-hybridized carbons (Fsp3) is 0.471. The predicted octanol–water partition coefficient (Wildman–Crippen LogP) is 2.08. The summed E-state index contributed by atoms with van der Waals surface area (Å²) in [5.74, 6) is 0.530. The van der Waals surface area contributed by atoms with Gasteiger partial charge >= 0.3 is 0 Å². The second-order valence-corrected chi connectivity index (χ2v) is 6.46. The van der Waals surface area contributed by atoms with Crippen molar-refractivity contribution in [3.8, 4) is 0 Å². The van der Waals surface area contributed by atoms with Crippen LogP contribution in [0.3, 0.4) is 0 Å². The Morgan fingerprint density at radius 2 is 2.00 bits per heavy atom. The minimum absolute atomic E-state index is 0.530. The Hall–Kier alpha value is -2.21. The molecule has 23 heavy (non-hydrogen) atoms. The molecule has 0 radical (unpaired) electrons. The van der Waals surface area contributed by atoms with Gasteiger partial charge < -0.3 is 4.57 Å². The van der Waals surface area contributed by atoms with E-state index in [0.29, 0.717) is 5.92 Å². The standard InChI is InChI=1S/C17H22N6/c1-21-10-14(19-12-21)11-23-8-5-13(6-9-23)16-15-4-3-7-18-17(15)22(2)20-16/h3-4,7,10,12-13H,5-6,8-9,11H2,1-2H3. The number of likely N-dealkylation sites (tertiary alicyclic amines) is 1. The lowest BCUT2D eigenvalue weighted by Crippen LogP contribution is -2.32. The van der Waals surface area contributed by atoms with Crippen molar-refractivity contribution in [1.82, 2.24) is 29.2 Å². The normalized spacial score (nSPS) is 17.1. The quantitative estimate of drug-likeness (QED) is 0.743. The van der Waals surface area contributed by atoms with Gasteiger partial charge in [-0.1, -0.05) is 0 Å². The summed E-state index contributed by atoms with van der Waals surface area (Å²) >= 11 is 0. The maximum Gasteiger partial charge on any atom is 0.157 e. The number of imidazole rings is 1. The average Bonchev–Trinajstić information content (AvgIpc) is 3.12. The Bertz CT molecular complexity index is 809. The number of aryl methyl sites for hydroxylation is 2. The van der Waals surface area contributed by atoms with Crippen molar-refractivity contribution in [2.45, 2.75) is 25.3 Å². The predicted molar refractivity (Wildman–Crippen MR) is 89.0 cm³/mol. The van der Waals surface area contributed by atoms with Crippen molar-refractivity contribution >= 4 is 11.0 Å². The van der Waals surface area contributed by atoms with Gasteiger partial charge in [0.1, 0.15) is 0 Å². The fourth-order valence-electron chi connectivity index (χ4n) is 3.56. The zero-order chi connectivity index (χ0) is 15.8. The van der Waals surface area contributed by atoms with E-state index >= 15 is 0 Å². The lowest BCUT2D eigenvalue weighted by Gasteiger charge is -2.30. The van der Waals surface area contributed by atoms with Crippen molar-refractivity contribution in [3.05, 3.63) is 42.2 Å². The fourth-order valence-corrected chi connectivity index (χ4v) is 3.56. The van der Waals surface area contributed by atoms with Gasteiger partial charge in [-0.2, -0.15) is 5.10 Å². The molecule has 6 nitrogen and oxygen atoms in total. The highest BCUT2D eigenvalue weighted by Crippen LogP contribution is 2.31. The van der Waals surface area contributed by atoms with Gasteiger partial charge in [0.25, 0.3) is 0 Å². The highest BCUT2D eigenvalue weighted by Gasteiger charge is 2.25. The van der Waals surface area contributed by atoms with Gasteiger partial charge in [-0.05, 0) is 38.1 Å². The molecule has 0 amide bonds. The maximum absolute atomic E-state index is 4.75. The Labute approximate surface area is 135 Å². The van der Waals surface area contributed by atoms with E-state index in [0.717, 1.165) is 43.8 Å². The summed E-state index contributed by atoms with van der Waals surface area (Å²) in [6, 6.07) is 4.15. The number of hydrogen-bond acceptors (Lipinski definition) is 4. The molecule has 0 atom stereocenters. The Morgan fingerprint density at radius 3 is 2.74 bits per heavy atom. The molecule has 3 aromatic rings. The molecule has 0 saturated carbocycles. The van der Waals surface area contributed by atoms with Crippen LogP contribution in [0.15, 0.2) is 30.9 Å². The van der Waals surface area contributed by atoms with E-state index in [1.807, 2.05) is 41.9 Å². The number of rotatable bonds is 3. The first-order valence-electron chi connectivity index (χ1n) is 8.17. The number of piperidine rings is 1. The number of pyridine rings is 1. The molecule has 1 aliphatic rings. The largest absolute Gasteiger partial charge is 0.340 e. The van der Waals surface area contributed by atoms with Gasteiger partial charge in [0.2, 0.25) is 0 Å². The molecule has 6 heteroatoms. The first-order valence-corrected chi connectivity index (χ1v) is 8.17. The maximum atomic E-state index is 4.75. The number of fused-ring (bicyclic) bond motifs is 1. The minimum atomic E-state index is 0.530. The van der Waals surface area contributed by atoms with Crippen LogP contribution >= 0.6 is 0 Å². The van der Waals surface area contributed by atoms with Crippen LogP contribution in [0.25, 0.3) is 11.0 Å². The molecule has 4 rings (SSSR count). The highest BCUT2D eigenvalue weighted by atomic mass is 15.3. The van der Waals surface area contributed by atoms with E-state index in [2.05, 4.69) is 27.1 Å². The zero-order valence-corrected chi connectivity index (χ0v) is 13.7. The molecule has 0 aromatic carbocycles. The summed E-state index contributed by atoms with van der Waals surface area (Å²) in [5.41, 5.74) is 3.35. The number of nitrogens with zero attached hydrogens (tertiary/aromatic N) is 6. The van der Waals surface area contributed by atoms with Crippen LogP contribution in [0.2, 0.25) is 0 Å². The Kier molecular flexibility index (Phi) is 3.61. The number of aromatic nitrogens is 5. The first kappa shape index (κ1) is 14.4. The van der Waals surface area contributed by atoms with Crippen molar-refractivity contribution in [3.63, 3.8) is 0 Å². The van der Waals surface area contributed by atoms with E-state index < -0.39 is 0 Å². The third kappa shape index (κ3) is 2.74. The SMILES string of the molecule is Cn1cnc(CN2CCC(c3nn(C)c4ncccc34)CC2)c1.